The molecule has 1 N–H and O–H groups in total. The van der Waals surface area contributed by atoms with Crippen molar-refractivity contribution in [1.82, 2.24) is 0 Å². The Kier molecular flexibility index (Phi) is 3.26. The van der Waals surface area contributed by atoms with Crippen molar-refractivity contribution in [1.29, 1.82) is 5.53 Å². The molecule has 0 spiro atoms. The average Bonchev–Trinajstić information content (AvgIpc) is 2.18. The number of carbonyl (C=O) groups is 1. The number of rotatable bonds is 3. The number of hydrogen-bond donors (Lipinski definition) is 1. The van der Waals surface area contributed by atoms with E-state index in [0.29, 0.717) is 6.21 Å². The molecule has 15 heavy (non-hydrogen) atoms. The molecule has 0 saturated carbocycles. The van der Waals surface area contributed by atoms with Crippen molar-refractivity contribution in [3.8, 4) is 5.75 Å². The summed E-state index contributed by atoms with van der Waals surface area (Å²) in [6, 6.07) is 4.99. The van der Waals surface area contributed by atoms with Gasteiger partial charge in [-0.1, -0.05) is 0 Å². The molecule has 0 aliphatic heterocycles. The van der Waals surface area contributed by atoms with Crippen molar-refractivity contribution in [3.63, 3.8) is 0 Å². The standard InChI is InChI=1S/C8H6N3O4/c9-10-5-8(12)15-7-3-1-6(2-4-7)11(13)14/h1-5,9H/q+1. The zero-order valence-corrected chi connectivity index (χ0v) is 7.41. The van der Waals surface area contributed by atoms with Gasteiger partial charge in [0.1, 0.15) is 5.75 Å². The third kappa shape index (κ3) is 3.02. The third-order valence-electron chi connectivity index (χ3n) is 1.44. The number of nitro groups is 1. The van der Waals surface area contributed by atoms with Crippen LogP contribution in [0.4, 0.5) is 5.69 Å². The summed E-state index contributed by atoms with van der Waals surface area (Å²) >= 11 is 0. The molecule has 0 fully saturated rings. The highest BCUT2D eigenvalue weighted by atomic mass is 16.6. The van der Waals surface area contributed by atoms with Crippen LogP contribution in [-0.4, -0.2) is 21.9 Å². The normalized spacial score (nSPS) is 8.80. The fourth-order valence-electron chi connectivity index (χ4n) is 0.831. The van der Waals surface area contributed by atoms with Gasteiger partial charge in [0.15, 0.2) is 0 Å². The van der Waals surface area contributed by atoms with Crippen molar-refractivity contribution >= 4 is 17.9 Å². The molecule has 0 saturated heterocycles. The second kappa shape index (κ2) is 4.64. The van der Waals surface area contributed by atoms with Crippen LogP contribution in [0.1, 0.15) is 0 Å². The first kappa shape index (κ1) is 10.6. The number of carbonyl (C=O) groups excluding carboxylic acids is 1. The Labute approximate surface area is 83.7 Å². The Morgan fingerprint density at radius 3 is 2.53 bits per heavy atom. The molecule has 0 radical (unpaired) electrons. The summed E-state index contributed by atoms with van der Waals surface area (Å²) in [7, 11) is 0. The van der Waals surface area contributed by atoms with Gasteiger partial charge in [-0.3, -0.25) is 10.1 Å². The minimum Gasteiger partial charge on any atom is -0.418 e. The minimum absolute atomic E-state index is 0.0936. The maximum absolute atomic E-state index is 10.8. The van der Waals surface area contributed by atoms with Gasteiger partial charge in [-0.15, -0.1) is 0 Å². The van der Waals surface area contributed by atoms with Gasteiger partial charge in [-0.05, 0) is 12.1 Å². The Morgan fingerprint density at radius 2 is 2.07 bits per heavy atom. The summed E-state index contributed by atoms with van der Waals surface area (Å²) in [6.07, 6.45) is 0.682. The molecule has 0 aliphatic carbocycles. The predicted octanol–water partition coefficient (Wildman–Crippen LogP) is 0.810. The van der Waals surface area contributed by atoms with Crippen LogP contribution in [0.3, 0.4) is 0 Å². The molecule has 7 heteroatoms. The lowest BCUT2D eigenvalue weighted by Crippen LogP contribution is -2.09. The highest BCUT2D eigenvalue weighted by Gasteiger charge is 2.09. The Balaban J connectivity index is 2.76. The van der Waals surface area contributed by atoms with Crippen LogP contribution in [0, 0.1) is 15.6 Å². The number of hydrogen-bond acceptors (Lipinski definition) is 5. The number of nitro benzene ring substituents is 1. The Hall–Kier alpha value is -2.53. The van der Waals surface area contributed by atoms with Crippen molar-refractivity contribution < 1.29 is 19.2 Å². The van der Waals surface area contributed by atoms with Gasteiger partial charge in [0, 0.05) is 12.1 Å². The fraction of sp³-hybridized carbons (Fsp3) is 0. The highest BCUT2D eigenvalue weighted by molar-refractivity contribution is 6.21. The maximum atomic E-state index is 10.8. The average molecular weight is 208 g/mol. The van der Waals surface area contributed by atoms with Gasteiger partial charge >= 0.3 is 12.2 Å². The monoisotopic (exact) mass is 208 g/mol. The van der Waals surface area contributed by atoms with Crippen LogP contribution in [0.25, 0.3) is 0 Å². The summed E-state index contributed by atoms with van der Waals surface area (Å²) < 4.78 is 4.66. The van der Waals surface area contributed by atoms with Gasteiger partial charge in [-0.2, -0.15) is 0 Å². The first-order chi connectivity index (χ1) is 7.13. The summed E-state index contributed by atoms with van der Waals surface area (Å²) in [5.41, 5.74) is 6.27. The molecular weight excluding hydrogens is 202 g/mol. The summed E-state index contributed by atoms with van der Waals surface area (Å²) in [5, 5.41) is 10.3. The summed E-state index contributed by atoms with van der Waals surface area (Å²) in [4.78, 5) is 23.3. The van der Waals surface area contributed by atoms with Crippen LogP contribution in [0.15, 0.2) is 24.3 Å². The number of nitrogens with zero attached hydrogens (tertiary/aromatic N) is 2. The topological polar surface area (TPSA) is 107 Å². The molecule has 1 aromatic rings. The lowest BCUT2D eigenvalue weighted by atomic mass is 10.3. The third-order valence-corrected chi connectivity index (χ3v) is 1.44. The van der Waals surface area contributed by atoms with E-state index in [0.717, 1.165) is 0 Å². The molecule has 0 bridgehead atoms. The fourth-order valence-corrected chi connectivity index (χ4v) is 0.831. The van der Waals surface area contributed by atoms with Crippen molar-refractivity contribution in [3.05, 3.63) is 34.4 Å². The molecule has 7 nitrogen and oxygen atoms in total. The first-order valence-electron chi connectivity index (χ1n) is 3.79. The van der Waals surface area contributed by atoms with Crippen LogP contribution in [-0.2, 0) is 4.79 Å². The molecule has 0 unspecified atom stereocenters. The summed E-state index contributed by atoms with van der Waals surface area (Å²) in [6.45, 7) is 0. The van der Waals surface area contributed by atoms with E-state index in [9.17, 15) is 14.9 Å². The number of benzene rings is 1. The summed E-state index contributed by atoms with van der Waals surface area (Å²) in [5.74, 6) is -0.649. The van der Waals surface area contributed by atoms with Crippen LogP contribution in [0.5, 0.6) is 5.75 Å². The number of ether oxygens (including phenoxy) is 1. The van der Waals surface area contributed by atoms with Crippen LogP contribution in [0.2, 0.25) is 0 Å². The molecule has 0 aromatic heterocycles. The smallest absolute Gasteiger partial charge is 0.418 e. The molecule has 0 aliphatic rings. The zero-order chi connectivity index (χ0) is 11.3. The van der Waals surface area contributed by atoms with E-state index in [-0.39, 0.29) is 11.4 Å². The first-order valence-corrected chi connectivity index (χ1v) is 3.79. The van der Waals surface area contributed by atoms with Crippen molar-refractivity contribution in [2.24, 2.45) is 0 Å². The van der Waals surface area contributed by atoms with Crippen molar-refractivity contribution in [2.45, 2.75) is 0 Å². The Morgan fingerprint density at radius 1 is 1.47 bits per heavy atom. The van der Waals surface area contributed by atoms with Crippen molar-refractivity contribution in [2.75, 3.05) is 0 Å². The van der Waals surface area contributed by atoms with E-state index < -0.39 is 10.9 Å². The molecule has 76 valence electrons. The molecule has 0 atom stereocenters. The van der Waals surface area contributed by atoms with E-state index in [1.165, 1.54) is 24.3 Å². The van der Waals surface area contributed by atoms with Crippen LogP contribution < -0.4 is 4.74 Å². The van der Waals surface area contributed by atoms with E-state index in [1.807, 2.05) is 0 Å². The van der Waals surface area contributed by atoms with Gasteiger partial charge in [0.05, 0.1) is 15.2 Å². The van der Waals surface area contributed by atoms with E-state index in [2.05, 4.69) is 9.53 Å². The SMILES string of the molecule is N=[N+]=CC(=O)Oc1ccc([N+](=O)[O-])cc1. The zero-order valence-electron chi connectivity index (χ0n) is 7.41. The lowest BCUT2D eigenvalue weighted by molar-refractivity contribution is -0.384. The van der Waals surface area contributed by atoms with Gasteiger partial charge in [0.2, 0.25) is 0 Å². The van der Waals surface area contributed by atoms with Gasteiger partial charge in [-0.25, -0.2) is 4.79 Å². The molecule has 0 amide bonds. The predicted molar refractivity (Wildman–Crippen MR) is 47.8 cm³/mol. The number of nitrogens with one attached hydrogen (secondary N) is 1. The quantitative estimate of drug-likeness (QED) is 0.151. The van der Waals surface area contributed by atoms with E-state index in [4.69, 9.17) is 5.53 Å². The van der Waals surface area contributed by atoms with Gasteiger partial charge in [0.25, 0.3) is 5.69 Å². The second-order valence-corrected chi connectivity index (χ2v) is 2.43. The number of non-ortho nitro benzene ring substituents is 1. The minimum atomic E-state index is -0.807. The molecular formula is C8H6N3O4+. The molecule has 1 rings (SSSR count). The Bertz CT molecular complexity index is 434. The van der Waals surface area contributed by atoms with E-state index >= 15 is 0 Å². The molecule has 0 heterocycles. The largest absolute Gasteiger partial charge is 0.423 e. The number of esters is 1. The maximum Gasteiger partial charge on any atom is 0.423 e. The second-order valence-electron chi connectivity index (χ2n) is 2.43. The highest BCUT2D eigenvalue weighted by Crippen LogP contribution is 2.16. The van der Waals surface area contributed by atoms with Crippen LogP contribution >= 0.6 is 0 Å². The molecule has 1 aromatic carbocycles. The lowest BCUT2D eigenvalue weighted by Gasteiger charge is -1.97. The van der Waals surface area contributed by atoms with Gasteiger partial charge < -0.3 is 4.74 Å². The van der Waals surface area contributed by atoms with E-state index in [1.54, 1.807) is 0 Å².